The monoisotopic (exact) mass is 231 g/mol. The van der Waals surface area contributed by atoms with Gasteiger partial charge in [-0.3, -0.25) is 0 Å². The van der Waals surface area contributed by atoms with Gasteiger partial charge in [0.25, 0.3) is 0 Å². The molecular weight excluding hydrogens is 218 g/mol. The zero-order valence-corrected chi connectivity index (χ0v) is 9.44. The van der Waals surface area contributed by atoms with Crippen molar-refractivity contribution >= 4 is 22.9 Å². The number of hydrogen-bond acceptors (Lipinski definition) is 3. The molecule has 2 nitrogen and oxygen atoms in total. The zero-order chi connectivity index (χ0) is 10.1. The fraction of sp³-hybridized carbons (Fsp3) is 0.600. The molecule has 2 rings (SSSR count). The standard InChI is InChI=1S/C10H14ClNOS/c11-7-4-9(8(12)5-13)14-10(7)6-2-1-3-6/h4,6,8,13H,1-3,5,12H2. The fourth-order valence-electron chi connectivity index (χ4n) is 1.62. The van der Waals surface area contributed by atoms with E-state index < -0.39 is 0 Å². The van der Waals surface area contributed by atoms with Crippen LogP contribution in [0.15, 0.2) is 6.07 Å². The summed E-state index contributed by atoms with van der Waals surface area (Å²) in [6, 6.07) is 1.63. The van der Waals surface area contributed by atoms with E-state index in [0.717, 1.165) is 9.90 Å². The summed E-state index contributed by atoms with van der Waals surface area (Å²) in [6.07, 6.45) is 3.79. The van der Waals surface area contributed by atoms with Crippen molar-refractivity contribution in [2.45, 2.75) is 31.2 Å². The minimum atomic E-state index is -0.272. The van der Waals surface area contributed by atoms with Crippen molar-refractivity contribution < 1.29 is 5.11 Å². The molecule has 1 heterocycles. The predicted octanol–water partition coefficient (Wildman–Crippen LogP) is 2.66. The minimum Gasteiger partial charge on any atom is -0.394 e. The first kappa shape index (κ1) is 10.4. The number of thiophene rings is 1. The van der Waals surface area contributed by atoms with Crippen molar-refractivity contribution in [1.82, 2.24) is 0 Å². The van der Waals surface area contributed by atoms with E-state index in [1.165, 1.54) is 24.1 Å². The van der Waals surface area contributed by atoms with Crippen LogP contribution in [0, 0.1) is 0 Å². The molecule has 1 aromatic heterocycles. The highest BCUT2D eigenvalue weighted by Gasteiger charge is 2.25. The normalized spacial score (nSPS) is 19.4. The summed E-state index contributed by atoms with van der Waals surface area (Å²) in [7, 11) is 0. The van der Waals surface area contributed by atoms with Crippen LogP contribution in [0.4, 0.5) is 0 Å². The highest BCUT2D eigenvalue weighted by molar-refractivity contribution is 7.12. The van der Waals surface area contributed by atoms with Gasteiger partial charge in [0.05, 0.1) is 17.7 Å². The second kappa shape index (κ2) is 4.19. The molecule has 1 aliphatic carbocycles. The molecule has 1 saturated carbocycles. The summed E-state index contributed by atoms with van der Waals surface area (Å²) < 4.78 is 0. The van der Waals surface area contributed by atoms with Gasteiger partial charge in [-0.25, -0.2) is 0 Å². The van der Waals surface area contributed by atoms with Crippen molar-refractivity contribution in [2.75, 3.05) is 6.61 Å². The van der Waals surface area contributed by atoms with E-state index in [4.69, 9.17) is 22.4 Å². The summed E-state index contributed by atoms with van der Waals surface area (Å²) in [6.45, 7) is -0.0129. The third-order valence-electron chi connectivity index (χ3n) is 2.77. The molecule has 1 fully saturated rings. The highest BCUT2D eigenvalue weighted by Crippen LogP contribution is 2.44. The molecular formula is C10H14ClNOS. The summed E-state index contributed by atoms with van der Waals surface area (Å²) in [4.78, 5) is 2.26. The zero-order valence-electron chi connectivity index (χ0n) is 7.87. The molecule has 0 amide bonds. The molecule has 1 aliphatic rings. The van der Waals surface area contributed by atoms with E-state index in [0.29, 0.717) is 5.92 Å². The Morgan fingerprint density at radius 3 is 2.86 bits per heavy atom. The van der Waals surface area contributed by atoms with Crippen LogP contribution in [0.1, 0.15) is 41.0 Å². The Kier molecular flexibility index (Phi) is 3.12. The summed E-state index contributed by atoms with van der Waals surface area (Å²) in [5, 5.41) is 9.77. The van der Waals surface area contributed by atoms with Crippen molar-refractivity contribution in [2.24, 2.45) is 5.73 Å². The molecule has 1 unspecified atom stereocenters. The predicted molar refractivity (Wildman–Crippen MR) is 59.9 cm³/mol. The van der Waals surface area contributed by atoms with Crippen molar-refractivity contribution in [3.05, 3.63) is 20.8 Å². The first-order valence-corrected chi connectivity index (χ1v) is 6.07. The largest absolute Gasteiger partial charge is 0.394 e. The second-order valence-electron chi connectivity index (χ2n) is 3.78. The lowest BCUT2D eigenvalue weighted by Crippen LogP contribution is -2.12. The molecule has 0 radical (unpaired) electrons. The number of aliphatic hydroxyl groups is 1. The number of hydrogen-bond donors (Lipinski definition) is 2. The van der Waals surface area contributed by atoms with E-state index in [9.17, 15) is 0 Å². The van der Waals surface area contributed by atoms with Gasteiger partial charge < -0.3 is 10.8 Å². The van der Waals surface area contributed by atoms with E-state index in [-0.39, 0.29) is 12.6 Å². The van der Waals surface area contributed by atoms with Gasteiger partial charge in [-0.2, -0.15) is 0 Å². The Balaban J connectivity index is 2.20. The SMILES string of the molecule is NC(CO)c1cc(Cl)c(C2CCC2)s1. The Labute approximate surface area is 92.7 Å². The molecule has 14 heavy (non-hydrogen) atoms. The van der Waals surface area contributed by atoms with Crippen molar-refractivity contribution in [3.8, 4) is 0 Å². The first-order valence-electron chi connectivity index (χ1n) is 4.88. The molecule has 0 spiro atoms. The van der Waals surface area contributed by atoms with E-state index >= 15 is 0 Å². The quantitative estimate of drug-likeness (QED) is 0.840. The molecule has 3 N–H and O–H groups in total. The van der Waals surface area contributed by atoms with Crippen molar-refractivity contribution in [1.29, 1.82) is 0 Å². The van der Waals surface area contributed by atoms with Gasteiger partial charge in [-0.1, -0.05) is 18.0 Å². The molecule has 0 bridgehead atoms. The van der Waals surface area contributed by atoms with Gasteiger partial charge in [0.1, 0.15) is 0 Å². The maximum absolute atomic E-state index is 8.94. The van der Waals surface area contributed by atoms with E-state index in [1.54, 1.807) is 11.3 Å². The number of halogens is 1. The molecule has 0 aliphatic heterocycles. The molecule has 1 atom stereocenters. The lowest BCUT2D eigenvalue weighted by molar-refractivity contribution is 0.269. The first-order chi connectivity index (χ1) is 6.72. The molecule has 1 aromatic rings. The summed E-state index contributed by atoms with van der Waals surface area (Å²) in [5.41, 5.74) is 5.74. The maximum Gasteiger partial charge on any atom is 0.0632 e. The Morgan fingerprint density at radius 1 is 1.64 bits per heavy atom. The van der Waals surface area contributed by atoms with Crippen LogP contribution in [0.25, 0.3) is 0 Å². The van der Waals surface area contributed by atoms with Crippen molar-refractivity contribution in [3.63, 3.8) is 0 Å². The van der Waals surface area contributed by atoms with Gasteiger partial charge >= 0.3 is 0 Å². The minimum absolute atomic E-state index is 0.0129. The Morgan fingerprint density at radius 2 is 2.36 bits per heavy atom. The lowest BCUT2D eigenvalue weighted by atomic mass is 9.84. The van der Waals surface area contributed by atoms with Crippen LogP contribution < -0.4 is 5.73 Å². The van der Waals surface area contributed by atoms with Crippen LogP contribution in [0.3, 0.4) is 0 Å². The smallest absolute Gasteiger partial charge is 0.0632 e. The fourth-order valence-corrected chi connectivity index (χ4v) is 3.29. The number of nitrogens with two attached hydrogens (primary N) is 1. The average molecular weight is 232 g/mol. The summed E-state index contributed by atoms with van der Waals surface area (Å²) >= 11 is 7.79. The molecule has 4 heteroatoms. The van der Waals surface area contributed by atoms with Gasteiger partial charge in [0.2, 0.25) is 0 Å². The van der Waals surface area contributed by atoms with E-state index in [1.807, 2.05) is 6.07 Å². The maximum atomic E-state index is 8.94. The third-order valence-corrected chi connectivity index (χ3v) is 4.62. The highest BCUT2D eigenvalue weighted by atomic mass is 35.5. The molecule has 78 valence electrons. The third kappa shape index (κ3) is 1.82. The second-order valence-corrected chi connectivity index (χ2v) is 5.30. The van der Waals surface area contributed by atoms with Crippen LogP contribution >= 0.6 is 22.9 Å². The van der Waals surface area contributed by atoms with Gasteiger partial charge in [0.15, 0.2) is 0 Å². The van der Waals surface area contributed by atoms with Crippen LogP contribution in [-0.2, 0) is 0 Å². The van der Waals surface area contributed by atoms with Crippen LogP contribution in [0.2, 0.25) is 5.02 Å². The van der Waals surface area contributed by atoms with Gasteiger partial charge in [-0.15, -0.1) is 11.3 Å². The topological polar surface area (TPSA) is 46.2 Å². The van der Waals surface area contributed by atoms with Crippen LogP contribution in [0.5, 0.6) is 0 Å². The summed E-state index contributed by atoms with van der Waals surface area (Å²) in [5.74, 6) is 0.646. The number of rotatable bonds is 3. The van der Waals surface area contributed by atoms with Crippen LogP contribution in [-0.4, -0.2) is 11.7 Å². The van der Waals surface area contributed by atoms with E-state index in [2.05, 4.69) is 0 Å². The van der Waals surface area contributed by atoms with Gasteiger partial charge in [-0.05, 0) is 24.8 Å². The van der Waals surface area contributed by atoms with Gasteiger partial charge in [0, 0.05) is 9.75 Å². The average Bonchev–Trinajstić information content (AvgIpc) is 2.44. The molecule has 0 saturated heterocycles. The Hall–Kier alpha value is -0.0900. The number of aliphatic hydroxyl groups excluding tert-OH is 1. The Bertz CT molecular complexity index is 322. The lowest BCUT2D eigenvalue weighted by Gasteiger charge is -2.24. The molecule has 0 aromatic carbocycles.